The van der Waals surface area contributed by atoms with Gasteiger partial charge in [-0.1, -0.05) is 25.6 Å². The number of rotatable bonds is 4. The molecule has 152 valence electrons. The topological polar surface area (TPSA) is 49.4 Å². The number of halogens is 3. The molecule has 7 heteroatoms. The molecule has 1 saturated heterocycles. The molecule has 1 N–H and O–H groups in total. The molecule has 2 atom stereocenters. The molecule has 2 amide bonds. The van der Waals surface area contributed by atoms with Crippen molar-refractivity contribution < 1.29 is 22.8 Å². The summed E-state index contributed by atoms with van der Waals surface area (Å²) in [5.41, 5.74) is 0.973. The van der Waals surface area contributed by atoms with Crippen molar-refractivity contribution in [3.63, 3.8) is 0 Å². The van der Waals surface area contributed by atoms with E-state index in [2.05, 4.69) is 11.9 Å². The Labute approximate surface area is 167 Å². The van der Waals surface area contributed by atoms with E-state index in [1.54, 1.807) is 29.2 Å². The summed E-state index contributed by atoms with van der Waals surface area (Å²) in [5.74, 6) is -0.414. The van der Waals surface area contributed by atoms with Crippen molar-refractivity contribution in [2.45, 2.75) is 25.6 Å². The van der Waals surface area contributed by atoms with Crippen LogP contribution in [0.15, 0.2) is 61.2 Å². The van der Waals surface area contributed by atoms with Gasteiger partial charge in [0.15, 0.2) is 0 Å². The predicted molar refractivity (Wildman–Crippen MR) is 104 cm³/mol. The zero-order valence-corrected chi connectivity index (χ0v) is 15.9. The van der Waals surface area contributed by atoms with E-state index in [0.717, 1.165) is 24.6 Å². The number of benzene rings is 2. The van der Waals surface area contributed by atoms with Gasteiger partial charge in [0, 0.05) is 17.8 Å². The molecule has 1 fully saturated rings. The minimum Gasteiger partial charge on any atom is -0.331 e. The van der Waals surface area contributed by atoms with Crippen LogP contribution in [0.2, 0.25) is 0 Å². The van der Waals surface area contributed by atoms with E-state index in [-0.39, 0.29) is 23.8 Å². The van der Waals surface area contributed by atoms with Gasteiger partial charge in [0.1, 0.15) is 0 Å². The monoisotopic (exact) mass is 402 g/mol. The van der Waals surface area contributed by atoms with Gasteiger partial charge in [-0.3, -0.25) is 9.59 Å². The van der Waals surface area contributed by atoms with E-state index >= 15 is 0 Å². The van der Waals surface area contributed by atoms with Crippen molar-refractivity contribution in [2.24, 2.45) is 5.92 Å². The lowest BCUT2D eigenvalue weighted by molar-refractivity contribution is -0.137. The zero-order chi connectivity index (χ0) is 21.2. The molecule has 2 aromatic carbocycles. The summed E-state index contributed by atoms with van der Waals surface area (Å²) in [6, 6.07) is 11.2. The van der Waals surface area contributed by atoms with E-state index < -0.39 is 11.7 Å². The van der Waals surface area contributed by atoms with Gasteiger partial charge in [-0.2, -0.15) is 13.2 Å². The van der Waals surface area contributed by atoms with Crippen LogP contribution >= 0.6 is 0 Å². The molecule has 1 aliphatic rings. The van der Waals surface area contributed by atoms with Crippen LogP contribution in [0.25, 0.3) is 0 Å². The molecule has 4 nitrogen and oxygen atoms in total. The van der Waals surface area contributed by atoms with Gasteiger partial charge in [0.25, 0.3) is 5.91 Å². The SMILES string of the molecule is C=CC(=O)Nc1ccc(C(=O)N2CCC(C)C2c2ccc(C(F)(F)F)cc2)cc1. The highest BCUT2D eigenvalue weighted by Gasteiger charge is 2.37. The molecule has 0 radical (unpaired) electrons. The molecular weight excluding hydrogens is 381 g/mol. The molecule has 2 aromatic rings. The lowest BCUT2D eigenvalue weighted by Gasteiger charge is -2.28. The van der Waals surface area contributed by atoms with Crippen molar-refractivity contribution >= 4 is 17.5 Å². The van der Waals surface area contributed by atoms with Gasteiger partial charge in [-0.25, -0.2) is 0 Å². The van der Waals surface area contributed by atoms with Crippen molar-refractivity contribution in [2.75, 3.05) is 11.9 Å². The summed E-state index contributed by atoms with van der Waals surface area (Å²) in [4.78, 5) is 26.1. The first-order valence-corrected chi connectivity index (χ1v) is 9.22. The first-order chi connectivity index (χ1) is 13.7. The molecule has 0 aromatic heterocycles. The second kappa shape index (κ2) is 8.11. The maximum absolute atomic E-state index is 13.0. The lowest BCUT2D eigenvalue weighted by Crippen LogP contribution is -2.31. The number of likely N-dealkylation sites (tertiary alicyclic amines) is 1. The van der Waals surface area contributed by atoms with Crippen LogP contribution < -0.4 is 5.32 Å². The highest BCUT2D eigenvalue weighted by Crippen LogP contribution is 2.39. The van der Waals surface area contributed by atoms with Crippen LogP contribution in [0.4, 0.5) is 18.9 Å². The molecule has 2 unspecified atom stereocenters. The summed E-state index contributed by atoms with van der Waals surface area (Å²) >= 11 is 0. The molecule has 1 aliphatic heterocycles. The molecule has 1 heterocycles. The van der Waals surface area contributed by atoms with Crippen molar-refractivity contribution in [1.29, 1.82) is 0 Å². The minimum atomic E-state index is -4.39. The summed E-state index contributed by atoms with van der Waals surface area (Å²) in [7, 11) is 0. The number of amides is 2. The second-order valence-corrected chi connectivity index (χ2v) is 7.10. The Hall–Kier alpha value is -3.09. The smallest absolute Gasteiger partial charge is 0.331 e. The average molecular weight is 402 g/mol. The molecule has 0 aliphatic carbocycles. The van der Waals surface area contributed by atoms with Gasteiger partial charge in [0.05, 0.1) is 11.6 Å². The standard InChI is InChI=1S/C22H21F3N2O2/c1-3-19(28)26-18-10-6-16(7-11-18)21(29)27-13-12-14(2)20(27)15-4-8-17(9-5-15)22(23,24)25/h3-11,14,20H,1,12-13H2,2H3,(H,26,28). The van der Waals surface area contributed by atoms with Gasteiger partial charge < -0.3 is 10.2 Å². The van der Waals surface area contributed by atoms with E-state index in [1.807, 2.05) is 6.92 Å². The number of nitrogens with one attached hydrogen (secondary N) is 1. The summed E-state index contributed by atoms with van der Waals surface area (Å²) in [5, 5.41) is 2.61. The van der Waals surface area contributed by atoms with Crippen LogP contribution in [-0.4, -0.2) is 23.3 Å². The van der Waals surface area contributed by atoms with Crippen LogP contribution in [0, 0.1) is 5.92 Å². The van der Waals surface area contributed by atoms with Crippen LogP contribution in [0.3, 0.4) is 0 Å². The van der Waals surface area contributed by atoms with Crippen LogP contribution in [0.5, 0.6) is 0 Å². The number of anilines is 1. The normalized spacial score (nSPS) is 19.1. The minimum absolute atomic E-state index is 0.127. The van der Waals surface area contributed by atoms with E-state index in [1.165, 1.54) is 12.1 Å². The number of hydrogen-bond donors (Lipinski definition) is 1. The van der Waals surface area contributed by atoms with E-state index in [9.17, 15) is 22.8 Å². The van der Waals surface area contributed by atoms with Gasteiger partial charge in [-0.05, 0) is 60.4 Å². The Morgan fingerprint density at radius 1 is 1.10 bits per heavy atom. The van der Waals surface area contributed by atoms with E-state index in [0.29, 0.717) is 23.4 Å². The first-order valence-electron chi connectivity index (χ1n) is 9.22. The molecule has 0 spiro atoms. The average Bonchev–Trinajstić information content (AvgIpc) is 3.08. The Morgan fingerprint density at radius 3 is 2.28 bits per heavy atom. The highest BCUT2D eigenvalue weighted by molar-refractivity contribution is 5.99. The largest absolute Gasteiger partial charge is 0.416 e. The molecule has 0 saturated carbocycles. The van der Waals surface area contributed by atoms with Crippen molar-refractivity contribution in [3.05, 3.63) is 77.9 Å². The van der Waals surface area contributed by atoms with E-state index in [4.69, 9.17) is 0 Å². The fraction of sp³-hybridized carbons (Fsp3) is 0.273. The lowest BCUT2D eigenvalue weighted by atomic mass is 9.94. The molecular formula is C22H21F3N2O2. The third kappa shape index (κ3) is 4.50. The fourth-order valence-electron chi connectivity index (χ4n) is 3.61. The summed E-state index contributed by atoms with van der Waals surface area (Å²) in [6.45, 7) is 5.90. The quantitative estimate of drug-likeness (QED) is 0.728. The van der Waals surface area contributed by atoms with Crippen LogP contribution in [0.1, 0.15) is 40.9 Å². The summed E-state index contributed by atoms with van der Waals surface area (Å²) in [6.07, 6.45) is -2.47. The Bertz CT molecular complexity index is 905. The van der Waals surface area contributed by atoms with Crippen molar-refractivity contribution in [3.8, 4) is 0 Å². The fourth-order valence-corrected chi connectivity index (χ4v) is 3.61. The highest BCUT2D eigenvalue weighted by atomic mass is 19.4. The summed E-state index contributed by atoms with van der Waals surface area (Å²) < 4.78 is 38.5. The number of alkyl halides is 3. The third-order valence-corrected chi connectivity index (χ3v) is 5.13. The Balaban J connectivity index is 1.81. The first kappa shape index (κ1) is 20.6. The number of carbonyl (C=O) groups excluding carboxylic acids is 2. The zero-order valence-electron chi connectivity index (χ0n) is 15.9. The maximum Gasteiger partial charge on any atom is 0.416 e. The Morgan fingerprint density at radius 2 is 1.72 bits per heavy atom. The maximum atomic E-state index is 13.0. The number of hydrogen-bond acceptors (Lipinski definition) is 2. The predicted octanol–water partition coefficient (Wildman–Crippen LogP) is 5.05. The van der Waals surface area contributed by atoms with Gasteiger partial charge in [-0.15, -0.1) is 0 Å². The second-order valence-electron chi connectivity index (χ2n) is 7.10. The number of nitrogens with zero attached hydrogens (tertiary/aromatic N) is 1. The van der Waals surface area contributed by atoms with Crippen LogP contribution in [-0.2, 0) is 11.0 Å². The molecule has 3 rings (SSSR count). The van der Waals surface area contributed by atoms with Gasteiger partial charge in [0.2, 0.25) is 5.91 Å². The van der Waals surface area contributed by atoms with Gasteiger partial charge >= 0.3 is 6.18 Å². The molecule has 29 heavy (non-hydrogen) atoms. The molecule has 0 bridgehead atoms. The van der Waals surface area contributed by atoms with Crippen molar-refractivity contribution in [1.82, 2.24) is 4.90 Å². The number of carbonyl (C=O) groups is 2. The third-order valence-electron chi connectivity index (χ3n) is 5.13. The Kier molecular flexibility index (Phi) is 5.77.